The molecule has 0 bridgehead atoms. The predicted octanol–water partition coefficient (Wildman–Crippen LogP) is 2.97. The third-order valence-electron chi connectivity index (χ3n) is 1.11. The average molecular weight is 223 g/mol. The summed E-state index contributed by atoms with van der Waals surface area (Å²) >= 11 is 8.69. The van der Waals surface area contributed by atoms with Crippen LogP contribution >= 0.6 is 34.7 Å². The molecule has 0 saturated heterocycles. The highest BCUT2D eigenvalue weighted by Gasteiger charge is 2.00. The summed E-state index contributed by atoms with van der Waals surface area (Å²) in [5, 5.41) is 8.36. The Morgan fingerprint density at radius 1 is 1.67 bits per heavy atom. The molecule has 1 aromatic rings. The number of thioether (sulfide) groups is 1. The van der Waals surface area contributed by atoms with Crippen LogP contribution < -0.4 is 0 Å². The van der Waals surface area contributed by atoms with Gasteiger partial charge in [-0.1, -0.05) is 11.6 Å². The summed E-state index contributed by atoms with van der Waals surface area (Å²) in [4.78, 5) is 10.2. The highest BCUT2D eigenvalue weighted by molar-refractivity contribution is 8.01. The number of carbonyl (C=O) groups is 1. The van der Waals surface area contributed by atoms with Gasteiger partial charge in [-0.3, -0.25) is 4.79 Å². The van der Waals surface area contributed by atoms with Crippen molar-refractivity contribution in [3.63, 3.8) is 0 Å². The molecule has 2 nitrogen and oxygen atoms in total. The van der Waals surface area contributed by atoms with E-state index in [0.717, 1.165) is 8.55 Å². The van der Waals surface area contributed by atoms with Gasteiger partial charge in [-0.15, -0.1) is 23.1 Å². The molecule has 1 aromatic heterocycles. The van der Waals surface area contributed by atoms with E-state index in [1.807, 2.05) is 12.1 Å². The van der Waals surface area contributed by atoms with Crippen molar-refractivity contribution in [1.29, 1.82) is 0 Å². The van der Waals surface area contributed by atoms with Gasteiger partial charge < -0.3 is 5.11 Å². The van der Waals surface area contributed by atoms with E-state index in [1.165, 1.54) is 23.1 Å². The first-order valence-corrected chi connectivity index (χ1v) is 5.46. The van der Waals surface area contributed by atoms with Crippen LogP contribution in [0.3, 0.4) is 0 Å². The van der Waals surface area contributed by atoms with Crippen molar-refractivity contribution in [2.75, 3.05) is 5.75 Å². The minimum Gasteiger partial charge on any atom is -0.481 e. The van der Waals surface area contributed by atoms with Crippen molar-refractivity contribution in [3.8, 4) is 0 Å². The molecule has 0 radical (unpaired) electrons. The molecule has 1 N–H and O–H groups in total. The zero-order valence-electron chi connectivity index (χ0n) is 6.12. The summed E-state index contributed by atoms with van der Waals surface area (Å²) in [6.45, 7) is 0. The third-order valence-corrected chi connectivity index (χ3v) is 3.57. The number of hydrogen-bond donors (Lipinski definition) is 1. The maximum atomic E-state index is 10.2. The van der Waals surface area contributed by atoms with Gasteiger partial charge in [0.05, 0.1) is 15.0 Å². The zero-order valence-corrected chi connectivity index (χ0v) is 8.51. The molecule has 12 heavy (non-hydrogen) atoms. The summed E-state index contributed by atoms with van der Waals surface area (Å²) in [7, 11) is 0. The Bertz CT molecular complexity index is 272. The lowest BCUT2D eigenvalue weighted by Crippen LogP contribution is -1.95. The molecule has 1 rings (SSSR count). The topological polar surface area (TPSA) is 37.3 Å². The SMILES string of the molecule is O=C(O)CCSc1ccc(Cl)s1. The predicted molar refractivity (Wildman–Crippen MR) is 52.3 cm³/mol. The second kappa shape index (κ2) is 4.74. The first-order valence-electron chi connectivity index (χ1n) is 3.28. The summed E-state index contributed by atoms with van der Waals surface area (Å²) in [5.74, 6) is -0.156. The average Bonchev–Trinajstić information content (AvgIpc) is 2.35. The largest absolute Gasteiger partial charge is 0.481 e. The summed E-state index contributed by atoms with van der Waals surface area (Å²) in [6, 6.07) is 3.72. The van der Waals surface area contributed by atoms with Crippen molar-refractivity contribution < 1.29 is 9.90 Å². The minimum absolute atomic E-state index is 0.195. The van der Waals surface area contributed by atoms with Crippen LogP contribution in [0.15, 0.2) is 16.3 Å². The fourth-order valence-electron chi connectivity index (χ4n) is 0.614. The van der Waals surface area contributed by atoms with Gasteiger partial charge in [-0.05, 0) is 12.1 Å². The van der Waals surface area contributed by atoms with E-state index in [9.17, 15) is 4.79 Å². The number of halogens is 1. The Labute approximate surface area is 83.5 Å². The number of aliphatic carboxylic acids is 1. The summed E-state index contributed by atoms with van der Waals surface area (Å²) in [6.07, 6.45) is 0.195. The van der Waals surface area contributed by atoms with Crippen molar-refractivity contribution in [2.45, 2.75) is 10.6 Å². The van der Waals surface area contributed by atoms with Crippen molar-refractivity contribution in [2.24, 2.45) is 0 Å². The van der Waals surface area contributed by atoms with Crippen molar-refractivity contribution in [3.05, 3.63) is 16.5 Å². The number of carboxylic acids is 1. The second-order valence-corrected chi connectivity index (χ2v) is 5.16. The van der Waals surface area contributed by atoms with Gasteiger partial charge in [0.15, 0.2) is 0 Å². The molecular weight excluding hydrogens is 216 g/mol. The van der Waals surface area contributed by atoms with E-state index in [2.05, 4.69) is 0 Å². The van der Waals surface area contributed by atoms with Crippen LogP contribution in [0.1, 0.15) is 6.42 Å². The Morgan fingerprint density at radius 3 is 2.92 bits per heavy atom. The van der Waals surface area contributed by atoms with Gasteiger partial charge in [-0.2, -0.15) is 0 Å². The number of rotatable bonds is 4. The fraction of sp³-hybridized carbons (Fsp3) is 0.286. The molecule has 0 aliphatic heterocycles. The van der Waals surface area contributed by atoms with Crippen LogP contribution in [0.2, 0.25) is 4.34 Å². The van der Waals surface area contributed by atoms with E-state index in [-0.39, 0.29) is 6.42 Å². The Balaban J connectivity index is 2.29. The van der Waals surface area contributed by atoms with Gasteiger partial charge in [0.1, 0.15) is 0 Å². The lowest BCUT2D eigenvalue weighted by atomic mass is 10.5. The molecule has 0 saturated carbocycles. The Kier molecular flexibility index (Phi) is 3.91. The first-order chi connectivity index (χ1) is 5.68. The molecule has 0 atom stereocenters. The molecule has 0 aliphatic carbocycles. The van der Waals surface area contributed by atoms with E-state index in [4.69, 9.17) is 16.7 Å². The van der Waals surface area contributed by atoms with E-state index in [1.54, 1.807) is 0 Å². The highest BCUT2D eigenvalue weighted by Crippen LogP contribution is 2.30. The van der Waals surface area contributed by atoms with Crippen molar-refractivity contribution in [1.82, 2.24) is 0 Å². The van der Waals surface area contributed by atoms with Gasteiger partial charge in [0, 0.05) is 5.75 Å². The summed E-state index contributed by atoms with van der Waals surface area (Å²) < 4.78 is 1.81. The number of carboxylic acid groups (broad SMARTS) is 1. The molecule has 0 spiro atoms. The van der Waals surface area contributed by atoms with Gasteiger partial charge in [-0.25, -0.2) is 0 Å². The van der Waals surface area contributed by atoms with Gasteiger partial charge in [0.25, 0.3) is 0 Å². The van der Waals surface area contributed by atoms with Crippen LogP contribution in [0.4, 0.5) is 0 Å². The Hall–Kier alpha value is -0.190. The van der Waals surface area contributed by atoms with Crippen LogP contribution in [-0.2, 0) is 4.79 Å². The van der Waals surface area contributed by atoms with E-state index in [0.29, 0.717) is 5.75 Å². The quantitative estimate of drug-likeness (QED) is 0.796. The number of thiophene rings is 1. The van der Waals surface area contributed by atoms with Crippen LogP contribution in [-0.4, -0.2) is 16.8 Å². The van der Waals surface area contributed by atoms with Crippen molar-refractivity contribution >= 4 is 40.7 Å². The monoisotopic (exact) mass is 222 g/mol. The molecule has 0 fully saturated rings. The maximum absolute atomic E-state index is 10.2. The van der Waals surface area contributed by atoms with E-state index >= 15 is 0 Å². The van der Waals surface area contributed by atoms with Crippen LogP contribution in [0.5, 0.6) is 0 Å². The standard InChI is InChI=1S/C7H7ClO2S2/c8-5-1-2-7(12-5)11-4-3-6(9)10/h1-2H,3-4H2,(H,9,10). The van der Waals surface area contributed by atoms with E-state index < -0.39 is 5.97 Å². The molecule has 0 aromatic carbocycles. The van der Waals surface area contributed by atoms with Gasteiger partial charge in [0.2, 0.25) is 0 Å². The second-order valence-electron chi connectivity index (χ2n) is 2.05. The van der Waals surface area contributed by atoms with Gasteiger partial charge >= 0.3 is 5.97 Å². The lowest BCUT2D eigenvalue weighted by Gasteiger charge is -1.92. The Morgan fingerprint density at radius 2 is 2.42 bits per heavy atom. The number of hydrogen-bond acceptors (Lipinski definition) is 3. The minimum atomic E-state index is -0.759. The smallest absolute Gasteiger partial charge is 0.304 e. The molecule has 0 aliphatic rings. The molecule has 0 amide bonds. The first kappa shape index (κ1) is 9.89. The molecule has 5 heteroatoms. The maximum Gasteiger partial charge on any atom is 0.304 e. The molecule has 0 unspecified atom stereocenters. The van der Waals surface area contributed by atoms with Crippen LogP contribution in [0.25, 0.3) is 0 Å². The summed E-state index contributed by atoms with van der Waals surface area (Å²) in [5.41, 5.74) is 0. The zero-order chi connectivity index (χ0) is 8.97. The molecular formula is C7H7ClO2S2. The third kappa shape index (κ3) is 3.47. The lowest BCUT2D eigenvalue weighted by molar-refractivity contribution is -0.136. The molecule has 1 heterocycles. The van der Waals surface area contributed by atoms with Crippen LogP contribution in [0, 0.1) is 0 Å². The fourth-order valence-corrected chi connectivity index (χ4v) is 2.93. The normalized spacial score (nSPS) is 10.1. The highest BCUT2D eigenvalue weighted by atomic mass is 35.5. The molecule has 66 valence electrons.